The molecule has 136 valence electrons. The van der Waals surface area contributed by atoms with Crippen molar-refractivity contribution in [1.29, 1.82) is 0 Å². The standard InChI is InChI=1S/C17H11N3O7/c1-26-12-5-2-10(3-6-12)4-7-15-18-16-13(17(21)27-15)8-11(19(22)23)9-14(16)20(24)25/h2-9H,1H3/b7-4+. The molecule has 27 heavy (non-hydrogen) atoms. The first-order valence-corrected chi connectivity index (χ1v) is 7.49. The van der Waals surface area contributed by atoms with Gasteiger partial charge in [-0.25, -0.2) is 9.78 Å². The van der Waals surface area contributed by atoms with Gasteiger partial charge in [-0.1, -0.05) is 12.1 Å². The Morgan fingerprint density at radius 3 is 2.37 bits per heavy atom. The fraction of sp³-hybridized carbons (Fsp3) is 0.0588. The van der Waals surface area contributed by atoms with E-state index in [1.165, 1.54) is 13.2 Å². The molecule has 2 aromatic carbocycles. The molecule has 0 radical (unpaired) electrons. The van der Waals surface area contributed by atoms with E-state index in [0.717, 1.165) is 17.7 Å². The highest BCUT2D eigenvalue weighted by Gasteiger charge is 2.23. The number of methoxy groups -OCH3 is 1. The van der Waals surface area contributed by atoms with Gasteiger partial charge in [-0.2, -0.15) is 0 Å². The second-order valence-corrected chi connectivity index (χ2v) is 5.32. The Labute approximate surface area is 150 Å². The van der Waals surface area contributed by atoms with Crippen molar-refractivity contribution in [3.63, 3.8) is 0 Å². The lowest BCUT2D eigenvalue weighted by Crippen LogP contribution is -2.06. The molecule has 0 aliphatic carbocycles. The van der Waals surface area contributed by atoms with Gasteiger partial charge in [0.15, 0.2) is 5.52 Å². The number of nitro groups is 2. The molecule has 0 fully saturated rings. The monoisotopic (exact) mass is 369 g/mol. The molecule has 0 atom stereocenters. The summed E-state index contributed by atoms with van der Waals surface area (Å²) in [7, 11) is 1.54. The summed E-state index contributed by atoms with van der Waals surface area (Å²) in [6.45, 7) is 0. The number of non-ortho nitro benzene ring substituents is 2. The Balaban J connectivity index is 2.10. The number of benzene rings is 2. The third-order valence-corrected chi connectivity index (χ3v) is 3.66. The number of ether oxygens (including phenoxy) is 1. The summed E-state index contributed by atoms with van der Waals surface area (Å²) in [6, 6.07) is 8.62. The van der Waals surface area contributed by atoms with Gasteiger partial charge in [0, 0.05) is 12.1 Å². The van der Waals surface area contributed by atoms with Crippen LogP contribution in [-0.2, 0) is 0 Å². The summed E-state index contributed by atoms with van der Waals surface area (Å²) in [5.41, 5.74) is -1.73. The molecule has 0 spiro atoms. The van der Waals surface area contributed by atoms with Crippen LogP contribution in [-0.4, -0.2) is 21.9 Å². The zero-order valence-corrected chi connectivity index (χ0v) is 13.8. The molecule has 0 saturated heterocycles. The molecule has 10 heteroatoms. The number of fused-ring (bicyclic) bond motifs is 1. The zero-order valence-electron chi connectivity index (χ0n) is 13.8. The zero-order chi connectivity index (χ0) is 19.6. The van der Waals surface area contributed by atoms with Gasteiger partial charge in [-0.15, -0.1) is 0 Å². The van der Waals surface area contributed by atoms with Crippen molar-refractivity contribution < 1.29 is 19.0 Å². The van der Waals surface area contributed by atoms with Gasteiger partial charge in [0.25, 0.3) is 5.69 Å². The van der Waals surface area contributed by atoms with Crippen LogP contribution in [0.4, 0.5) is 11.4 Å². The van der Waals surface area contributed by atoms with Crippen molar-refractivity contribution in [3.8, 4) is 5.75 Å². The van der Waals surface area contributed by atoms with E-state index in [1.807, 2.05) is 0 Å². The van der Waals surface area contributed by atoms with E-state index in [2.05, 4.69) is 4.98 Å². The molecule has 0 aliphatic heterocycles. The van der Waals surface area contributed by atoms with Crippen LogP contribution in [0.3, 0.4) is 0 Å². The summed E-state index contributed by atoms with van der Waals surface area (Å²) >= 11 is 0. The second kappa shape index (κ2) is 7.04. The fourth-order valence-corrected chi connectivity index (χ4v) is 2.36. The van der Waals surface area contributed by atoms with Crippen molar-refractivity contribution in [2.75, 3.05) is 7.11 Å². The molecular weight excluding hydrogens is 358 g/mol. The van der Waals surface area contributed by atoms with Crippen molar-refractivity contribution in [3.05, 3.63) is 78.5 Å². The fourth-order valence-electron chi connectivity index (χ4n) is 2.36. The van der Waals surface area contributed by atoms with Crippen LogP contribution < -0.4 is 10.4 Å². The molecule has 3 rings (SSSR count). The maximum atomic E-state index is 12.1. The lowest BCUT2D eigenvalue weighted by molar-refractivity contribution is -0.393. The summed E-state index contributed by atoms with van der Waals surface area (Å²) < 4.78 is 10.1. The lowest BCUT2D eigenvalue weighted by Gasteiger charge is -2.01. The highest BCUT2D eigenvalue weighted by atomic mass is 16.6. The average Bonchev–Trinajstić information content (AvgIpc) is 2.65. The Bertz CT molecular complexity index is 1130. The minimum atomic E-state index is -0.957. The van der Waals surface area contributed by atoms with Crippen LogP contribution in [0, 0.1) is 20.2 Å². The summed E-state index contributed by atoms with van der Waals surface area (Å²) in [4.78, 5) is 36.6. The van der Waals surface area contributed by atoms with E-state index in [0.29, 0.717) is 5.75 Å². The Morgan fingerprint density at radius 2 is 1.78 bits per heavy atom. The number of aromatic nitrogens is 1. The molecule has 0 unspecified atom stereocenters. The lowest BCUT2D eigenvalue weighted by atomic mass is 10.2. The third kappa shape index (κ3) is 3.63. The second-order valence-electron chi connectivity index (χ2n) is 5.32. The summed E-state index contributed by atoms with van der Waals surface area (Å²) in [6.07, 6.45) is 2.96. The number of hydrogen-bond donors (Lipinski definition) is 0. The van der Waals surface area contributed by atoms with Gasteiger partial charge in [0.1, 0.15) is 5.75 Å². The predicted molar refractivity (Wildman–Crippen MR) is 95.5 cm³/mol. The van der Waals surface area contributed by atoms with Crippen LogP contribution in [0.25, 0.3) is 23.1 Å². The van der Waals surface area contributed by atoms with Crippen LogP contribution in [0.1, 0.15) is 11.5 Å². The van der Waals surface area contributed by atoms with Gasteiger partial charge >= 0.3 is 11.3 Å². The summed E-state index contributed by atoms with van der Waals surface area (Å²) in [5.74, 6) is 0.500. The van der Waals surface area contributed by atoms with Crippen molar-refractivity contribution in [2.24, 2.45) is 0 Å². The molecule has 10 nitrogen and oxygen atoms in total. The first-order chi connectivity index (χ1) is 12.9. The predicted octanol–water partition coefficient (Wildman–Crippen LogP) is 3.18. The maximum absolute atomic E-state index is 12.1. The first kappa shape index (κ1) is 17.7. The van der Waals surface area contributed by atoms with Gasteiger partial charge in [-0.3, -0.25) is 20.2 Å². The maximum Gasteiger partial charge on any atom is 0.347 e. The topological polar surface area (TPSA) is 139 Å². The quantitative estimate of drug-likeness (QED) is 0.493. The van der Waals surface area contributed by atoms with E-state index < -0.39 is 26.8 Å². The normalized spacial score (nSPS) is 11.0. The molecule has 0 bridgehead atoms. The van der Waals surface area contributed by atoms with E-state index in [1.54, 1.807) is 30.3 Å². The van der Waals surface area contributed by atoms with Gasteiger partial charge in [0.05, 0.1) is 28.4 Å². The van der Waals surface area contributed by atoms with Crippen molar-refractivity contribution in [1.82, 2.24) is 4.98 Å². The minimum absolute atomic E-state index is 0.166. The van der Waals surface area contributed by atoms with Crippen molar-refractivity contribution in [2.45, 2.75) is 0 Å². The van der Waals surface area contributed by atoms with E-state index >= 15 is 0 Å². The van der Waals surface area contributed by atoms with E-state index in [-0.39, 0.29) is 16.8 Å². The molecule has 1 heterocycles. The van der Waals surface area contributed by atoms with E-state index in [4.69, 9.17) is 9.15 Å². The Hall–Kier alpha value is -4.08. The van der Waals surface area contributed by atoms with Gasteiger partial charge in [-0.05, 0) is 23.8 Å². The molecule has 3 aromatic rings. The number of hydrogen-bond acceptors (Lipinski definition) is 8. The summed E-state index contributed by atoms with van der Waals surface area (Å²) in [5, 5.41) is 21.8. The molecule has 1 aromatic heterocycles. The average molecular weight is 369 g/mol. The third-order valence-electron chi connectivity index (χ3n) is 3.66. The number of rotatable bonds is 5. The van der Waals surface area contributed by atoms with E-state index in [9.17, 15) is 25.0 Å². The molecular formula is C17H11N3O7. The van der Waals surface area contributed by atoms with Crippen LogP contribution >= 0.6 is 0 Å². The van der Waals surface area contributed by atoms with Crippen LogP contribution in [0.15, 0.2) is 45.6 Å². The molecule has 0 aliphatic rings. The molecule has 0 N–H and O–H groups in total. The smallest absolute Gasteiger partial charge is 0.347 e. The van der Waals surface area contributed by atoms with Gasteiger partial charge < -0.3 is 9.15 Å². The van der Waals surface area contributed by atoms with Crippen LogP contribution in [0.5, 0.6) is 5.75 Å². The highest BCUT2D eigenvalue weighted by molar-refractivity contribution is 5.89. The molecule has 0 amide bonds. The largest absolute Gasteiger partial charge is 0.497 e. The van der Waals surface area contributed by atoms with Crippen LogP contribution in [0.2, 0.25) is 0 Å². The molecule has 0 saturated carbocycles. The Kier molecular flexibility index (Phi) is 4.62. The van der Waals surface area contributed by atoms with Crippen molar-refractivity contribution >= 4 is 34.4 Å². The Morgan fingerprint density at radius 1 is 1.07 bits per heavy atom. The first-order valence-electron chi connectivity index (χ1n) is 7.49. The SMILES string of the molecule is COc1ccc(/C=C/c2nc3c([N+](=O)[O-])cc([N+](=O)[O-])cc3c(=O)o2)cc1. The number of nitro benzene ring substituents is 2. The number of nitrogens with zero attached hydrogens (tertiary/aromatic N) is 3. The minimum Gasteiger partial charge on any atom is -0.497 e. The van der Waals surface area contributed by atoms with Gasteiger partial charge in [0.2, 0.25) is 5.89 Å². The highest BCUT2D eigenvalue weighted by Crippen LogP contribution is 2.28.